The summed E-state index contributed by atoms with van der Waals surface area (Å²) in [5.41, 5.74) is 6.92. The summed E-state index contributed by atoms with van der Waals surface area (Å²) in [7, 11) is 1.83. The molecule has 0 radical (unpaired) electrons. The predicted octanol–water partition coefficient (Wildman–Crippen LogP) is 2.53. The lowest BCUT2D eigenvalue weighted by molar-refractivity contribution is 0.0738. The second-order valence-corrected chi connectivity index (χ2v) is 4.14. The third-order valence-corrected chi connectivity index (χ3v) is 2.88. The molecule has 0 aliphatic rings. The van der Waals surface area contributed by atoms with Crippen LogP contribution in [-0.2, 0) is 0 Å². The van der Waals surface area contributed by atoms with E-state index in [2.05, 4.69) is 13.8 Å². The quantitative estimate of drug-likeness (QED) is 0.792. The minimum Gasteiger partial charge on any atom is -0.398 e. The van der Waals surface area contributed by atoms with E-state index in [9.17, 15) is 4.79 Å². The van der Waals surface area contributed by atoms with Gasteiger partial charge in [0.2, 0.25) is 0 Å². The summed E-state index contributed by atoms with van der Waals surface area (Å²) in [5.74, 6) is -0.000880. The first-order valence-electron chi connectivity index (χ1n) is 5.69. The number of amides is 1. The maximum atomic E-state index is 12.1. The molecule has 2 N–H and O–H groups in total. The molecule has 0 saturated carbocycles. The van der Waals surface area contributed by atoms with Crippen LogP contribution in [0.25, 0.3) is 0 Å². The van der Waals surface area contributed by atoms with E-state index in [1.165, 1.54) is 0 Å². The second kappa shape index (κ2) is 5.54. The van der Waals surface area contributed by atoms with Crippen LogP contribution in [0.15, 0.2) is 24.3 Å². The Morgan fingerprint density at radius 2 is 2.06 bits per heavy atom. The molecule has 88 valence electrons. The van der Waals surface area contributed by atoms with Crippen LogP contribution in [0.4, 0.5) is 5.69 Å². The Hall–Kier alpha value is -1.51. The highest BCUT2D eigenvalue weighted by molar-refractivity contribution is 5.99. The number of hydrogen-bond acceptors (Lipinski definition) is 2. The molecule has 0 aromatic heterocycles. The number of anilines is 1. The van der Waals surface area contributed by atoms with E-state index in [4.69, 9.17) is 5.73 Å². The van der Waals surface area contributed by atoms with Gasteiger partial charge in [-0.1, -0.05) is 25.5 Å². The van der Waals surface area contributed by atoms with Crippen molar-refractivity contribution in [3.63, 3.8) is 0 Å². The molecule has 1 aromatic rings. The monoisotopic (exact) mass is 220 g/mol. The van der Waals surface area contributed by atoms with Gasteiger partial charge in [0.05, 0.1) is 5.56 Å². The van der Waals surface area contributed by atoms with E-state index in [1.54, 1.807) is 17.0 Å². The Labute approximate surface area is 97.2 Å². The Morgan fingerprint density at radius 1 is 1.44 bits per heavy atom. The molecule has 0 bridgehead atoms. The maximum Gasteiger partial charge on any atom is 0.255 e. The van der Waals surface area contributed by atoms with Gasteiger partial charge in [0, 0.05) is 18.8 Å². The molecule has 0 spiro atoms. The number of nitrogens with two attached hydrogens (primary N) is 1. The standard InChI is InChI=1S/C13H20N2O/c1-4-7-10(2)15(3)13(16)11-8-5-6-9-12(11)14/h5-6,8-10H,4,7,14H2,1-3H3. The predicted molar refractivity (Wildman–Crippen MR) is 67.3 cm³/mol. The van der Waals surface area contributed by atoms with E-state index in [0.717, 1.165) is 12.8 Å². The van der Waals surface area contributed by atoms with E-state index in [-0.39, 0.29) is 11.9 Å². The molecule has 1 unspecified atom stereocenters. The number of carbonyl (C=O) groups excluding carboxylic acids is 1. The third-order valence-electron chi connectivity index (χ3n) is 2.88. The van der Waals surface area contributed by atoms with Gasteiger partial charge in [0.25, 0.3) is 5.91 Å². The highest BCUT2D eigenvalue weighted by Crippen LogP contribution is 2.15. The Kier molecular flexibility index (Phi) is 4.35. The van der Waals surface area contributed by atoms with Crippen molar-refractivity contribution in [1.82, 2.24) is 4.90 Å². The number of nitrogens with zero attached hydrogens (tertiary/aromatic N) is 1. The van der Waals surface area contributed by atoms with Crippen molar-refractivity contribution >= 4 is 11.6 Å². The minimum atomic E-state index is -0.000880. The van der Waals surface area contributed by atoms with Gasteiger partial charge in [-0.05, 0) is 25.5 Å². The molecule has 1 atom stereocenters. The van der Waals surface area contributed by atoms with E-state index in [1.807, 2.05) is 19.2 Å². The highest BCUT2D eigenvalue weighted by Gasteiger charge is 2.18. The first-order chi connectivity index (χ1) is 7.57. The second-order valence-electron chi connectivity index (χ2n) is 4.14. The summed E-state index contributed by atoms with van der Waals surface area (Å²) < 4.78 is 0. The van der Waals surface area contributed by atoms with E-state index >= 15 is 0 Å². The number of nitrogen functional groups attached to an aromatic ring is 1. The summed E-state index contributed by atoms with van der Waals surface area (Å²) in [6, 6.07) is 7.44. The van der Waals surface area contributed by atoms with E-state index in [0.29, 0.717) is 11.3 Å². The van der Waals surface area contributed by atoms with Gasteiger partial charge >= 0.3 is 0 Å². The Morgan fingerprint density at radius 3 is 2.62 bits per heavy atom. The Bertz CT molecular complexity index is 363. The molecule has 0 saturated heterocycles. The van der Waals surface area contributed by atoms with Gasteiger partial charge in [-0.2, -0.15) is 0 Å². The van der Waals surface area contributed by atoms with Crippen LogP contribution in [0.1, 0.15) is 37.0 Å². The lowest BCUT2D eigenvalue weighted by atomic mass is 10.1. The summed E-state index contributed by atoms with van der Waals surface area (Å²) in [6.45, 7) is 4.17. The number of para-hydroxylation sites is 1. The number of hydrogen-bond donors (Lipinski definition) is 1. The molecule has 16 heavy (non-hydrogen) atoms. The average molecular weight is 220 g/mol. The zero-order chi connectivity index (χ0) is 12.1. The van der Waals surface area contributed by atoms with Crippen LogP contribution >= 0.6 is 0 Å². The highest BCUT2D eigenvalue weighted by atomic mass is 16.2. The van der Waals surface area contributed by atoms with Crippen LogP contribution in [0.2, 0.25) is 0 Å². The molecule has 1 amide bonds. The van der Waals surface area contributed by atoms with Gasteiger partial charge < -0.3 is 10.6 Å². The van der Waals surface area contributed by atoms with Gasteiger partial charge in [-0.25, -0.2) is 0 Å². The molecular formula is C13H20N2O. The zero-order valence-electron chi connectivity index (χ0n) is 10.2. The van der Waals surface area contributed by atoms with Gasteiger partial charge in [0.15, 0.2) is 0 Å². The zero-order valence-corrected chi connectivity index (χ0v) is 10.2. The molecule has 3 nitrogen and oxygen atoms in total. The smallest absolute Gasteiger partial charge is 0.255 e. The van der Waals surface area contributed by atoms with Crippen molar-refractivity contribution in [1.29, 1.82) is 0 Å². The summed E-state index contributed by atoms with van der Waals surface area (Å²) in [5, 5.41) is 0. The van der Waals surface area contributed by atoms with Gasteiger partial charge in [-0.3, -0.25) is 4.79 Å². The molecule has 0 fully saturated rings. The SMILES string of the molecule is CCCC(C)N(C)C(=O)c1ccccc1N. The van der Waals surface area contributed by atoms with Gasteiger partial charge in [-0.15, -0.1) is 0 Å². The summed E-state index contributed by atoms with van der Waals surface area (Å²) in [4.78, 5) is 13.9. The van der Waals surface area contributed by atoms with Crippen LogP contribution in [0.3, 0.4) is 0 Å². The van der Waals surface area contributed by atoms with Crippen molar-refractivity contribution in [2.45, 2.75) is 32.7 Å². The first-order valence-corrected chi connectivity index (χ1v) is 5.69. The minimum absolute atomic E-state index is 0.000880. The molecular weight excluding hydrogens is 200 g/mol. The normalized spacial score (nSPS) is 12.2. The molecule has 3 heteroatoms. The maximum absolute atomic E-state index is 12.1. The van der Waals surface area contributed by atoms with Crippen LogP contribution in [-0.4, -0.2) is 23.9 Å². The Balaban J connectivity index is 2.82. The summed E-state index contributed by atoms with van der Waals surface area (Å²) in [6.07, 6.45) is 2.08. The molecule has 0 aliphatic carbocycles. The van der Waals surface area contributed by atoms with Crippen LogP contribution < -0.4 is 5.73 Å². The fourth-order valence-electron chi connectivity index (χ4n) is 1.69. The van der Waals surface area contributed by atoms with Gasteiger partial charge in [0.1, 0.15) is 0 Å². The van der Waals surface area contributed by atoms with Crippen molar-refractivity contribution in [2.24, 2.45) is 0 Å². The average Bonchev–Trinajstić information content (AvgIpc) is 2.28. The summed E-state index contributed by atoms with van der Waals surface area (Å²) >= 11 is 0. The van der Waals surface area contributed by atoms with Crippen molar-refractivity contribution in [3.05, 3.63) is 29.8 Å². The molecule has 0 heterocycles. The first kappa shape index (κ1) is 12.6. The lowest BCUT2D eigenvalue weighted by Crippen LogP contribution is -2.35. The van der Waals surface area contributed by atoms with E-state index < -0.39 is 0 Å². The third kappa shape index (κ3) is 2.75. The van der Waals surface area contributed by atoms with Crippen LogP contribution in [0.5, 0.6) is 0 Å². The molecule has 1 aromatic carbocycles. The number of benzene rings is 1. The fourth-order valence-corrected chi connectivity index (χ4v) is 1.69. The van der Waals surface area contributed by atoms with Crippen LogP contribution in [0, 0.1) is 0 Å². The molecule has 1 rings (SSSR count). The number of carbonyl (C=O) groups is 1. The molecule has 0 aliphatic heterocycles. The largest absolute Gasteiger partial charge is 0.398 e. The fraction of sp³-hybridized carbons (Fsp3) is 0.462. The van der Waals surface area contributed by atoms with Crippen molar-refractivity contribution < 1.29 is 4.79 Å². The number of rotatable bonds is 4. The lowest BCUT2D eigenvalue weighted by Gasteiger charge is -2.25. The topological polar surface area (TPSA) is 46.3 Å². The van der Waals surface area contributed by atoms with Crippen molar-refractivity contribution in [3.8, 4) is 0 Å². The van der Waals surface area contributed by atoms with Crippen molar-refractivity contribution in [2.75, 3.05) is 12.8 Å².